The van der Waals surface area contributed by atoms with E-state index in [0.29, 0.717) is 0 Å². The van der Waals surface area contributed by atoms with Gasteiger partial charge >= 0.3 is 0 Å². The molecule has 0 radical (unpaired) electrons. The first-order valence-electron chi connectivity index (χ1n) is 4.52. The summed E-state index contributed by atoms with van der Waals surface area (Å²) in [6.45, 7) is 6.75. The van der Waals surface area contributed by atoms with Crippen LogP contribution in [0, 0.1) is 6.92 Å². The van der Waals surface area contributed by atoms with Crippen molar-refractivity contribution in [2.75, 3.05) is 0 Å². The van der Waals surface area contributed by atoms with Crippen LogP contribution in [0.2, 0.25) is 0 Å². The molecule has 0 amide bonds. The van der Waals surface area contributed by atoms with Gasteiger partial charge in [-0.05, 0) is 24.1 Å². The SMILES string of the molecule is CC.Cc1ccc2c(c1)S(=O)NC2. The third-order valence-corrected chi connectivity index (χ3v) is 3.00. The van der Waals surface area contributed by atoms with Crippen LogP contribution < -0.4 is 4.72 Å². The summed E-state index contributed by atoms with van der Waals surface area (Å²) in [5, 5.41) is 0. The summed E-state index contributed by atoms with van der Waals surface area (Å²) in [6.07, 6.45) is 0. The number of benzene rings is 1. The molecule has 13 heavy (non-hydrogen) atoms. The zero-order chi connectivity index (χ0) is 9.84. The lowest BCUT2D eigenvalue weighted by Gasteiger charge is -1.95. The largest absolute Gasteiger partial charge is 0.237 e. The molecular formula is C10H15NOS. The minimum absolute atomic E-state index is 0.738. The first kappa shape index (κ1) is 10.4. The van der Waals surface area contributed by atoms with Gasteiger partial charge < -0.3 is 0 Å². The smallest absolute Gasteiger partial charge is 0.125 e. The lowest BCUT2D eigenvalue weighted by molar-refractivity contribution is 0.678. The Hall–Kier alpha value is -0.670. The maximum absolute atomic E-state index is 11.2. The summed E-state index contributed by atoms with van der Waals surface area (Å²) >= 11 is 0. The monoisotopic (exact) mass is 197 g/mol. The summed E-state index contributed by atoms with van der Waals surface area (Å²) in [5.74, 6) is 0. The van der Waals surface area contributed by atoms with Crippen LogP contribution in [0.5, 0.6) is 0 Å². The second-order valence-corrected chi connectivity index (χ2v) is 3.97. The molecule has 1 heterocycles. The van der Waals surface area contributed by atoms with Crippen LogP contribution in [0.25, 0.3) is 0 Å². The van der Waals surface area contributed by atoms with E-state index in [1.807, 2.05) is 39.0 Å². The minimum atomic E-state index is -0.958. The fourth-order valence-corrected chi connectivity index (χ4v) is 2.31. The number of fused-ring (bicyclic) bond motifs is 1. The number of hydrogen-bond acceptors (Lipinski definition) is 1. The van der Waals surface area contributed by atoms with E-state index in [2.05, 4.69) is 4.72 Å². The highest BCUT2D eigenvalue weighted by Gasteiger charge is 2.16. The normalized spacial score (nSPS) is 18.8. The predicted molar refractivity (Wildman–Crippen MR) is 55.8 cm³/mol. The molecule has 1 aromatic carbocycles. The molecular weight excluding hydrogens is 182 g/mol. The third-order valence-electron chi connectivity index (χ3n) is 1.82. The highest BCUT2D eigenvalue weighted by molar-refractivity contribution is 7.83. The molecule has 0 bridgehead atoms. The van der Waals surface area contributed by atoms with Gasteiger partial charge in [0.2, 0.25) is 0 Å². The van der Waals surface area contributed by atoms with Gasteiger partial charge in [0.1, 0.15) is 11.0 Å². The average molecular weight is 197 g/mol. The van der Waals surface area contributed by atoms with Gasteiger partial charge in [-0.1, -0.05) is 26.0 Å². The maximum Gasteiger partial charge on any atom is 0.125 e. The first-order chi connectivity index (χ1) is 6.27. The minimum Gasteiger partial charge on any atom is -0.237 e. The molecule has 0 spiro atoms. The van der Waals surface area contributed by atoms with Gasteiger partial charge in [0.05, 0.1) is 4.90 Å². The Bertz CT molecular complexity index is 323. The summed E-state index contributed by atoms with van der Waals surface area (Å²) in [4.78, 5) is 0.949. The lowest BCUT2D eigenvalue weighted by atomic mass is 10.1. The van der Waals surface area contributed by atoms with E-state index in [-0.39, 0.29) is 0 Å². The predicted octanol–water partition coefficient (Wildman–Crippen LogP) is 2.15. The molecule has 0 saturated carbocycles. The topological polar surface area (TPSA) is 29.1 Å². The van der Waals surface area contributed by atoms with E-state index in [1.54, 1.807) is 0 Å². The van der Waals surface area contributed by atoms with E-state index in [0.717, 1.165) is 17.0 Å². The summed E-state index contributed by atoms with van der Waals surface area (Å²) in [5.41, 5.74) is 2.33. The summed E-state index contributed by atoms with van der Waals surface area (Å²) in [6, 6.07) is 6.05. The molecule has 3 heteroatoms. The Kier molecular flexibility index (Phi) is 3.63. The lowest BCUT2D eigenvalue weighted by Crippen LogP contribution is -2.05. The second kappa shape index (κ2) is 4.53. The average Bonchev–Trinajstić information content (AvgIpc) is 2.52. The van der Waals surface area contributed by atoms with E-state index in [9.17, 15) is 4.21 Å². The molecule has 1 aliphatic heterocycles. The van der Waals surface area contributed by atoms with Crippen molar-refractivity contribution in [3.63, 3.8) is 0 Å². The van der Waals surface area contributed by atoms with Crippen LogP contribution >= 0.6 is 0 Å². The van der Waals surface area contributed by atoms with Crippen molar-refractivity contribution in [2.45, 2.75) is 32.2 Å². The van der Waals surface area contributed by atoms with E-state index < -0.39 is 11.0 Å². The van der Waals surface area contributed by atoms with Gasteiger partial charge in [-0.2, -0.15) is 0 Å². The van der Waals surface area contributed by atoms with Crippen molar-refractivity contribution < 1.29 is 4.21 Å². The van der Waals surface area contributed by atoms with Crippen LogP contribution in [0.4, 0.5) is 0 Å². The van der Waals surface area contributed by atoms with Crippen LogP contribution in [0.15, 0.2) is 23.1 Å². The number of hydrogen-bond donors (Lipinski definition) is 1. The fourth-order valence-electron chi connectivity index (χ4n) is 1.20. The highest BCUT2D eigenvalue weighted by atomic mass is 32.2. The fraction of sp³-hybridized carbons (Fsp3) is 0.400. The Balaban J connectivity index is 0.000000396. The highest BCUT2D eigenvalue weighted by Crippen LogP contribution is 2.19. The number of rotatable bonds is 0. The Morgan fingerprint density at radius 3 is 2.77 bits per heavy atom. The summed E-state index contributed by atoms with van der Waals surface area (Å²) < 4.78 is 14.1. The molecule has 2 nitrogen and oxygen atoms in total. The van der Waals surface area contributed by atoms with E-state index in [4.69, 9.17) is 0 Å². The van der Waals surface area contributed by atoms with Crippen molar-refractivity contribution in [1.29, 1.82) is 0 Å². The van der Waals surface area contributed by atoms with Gasteiger partial charge in [0, 0.05) is 6.54 Å². The molecule has 1 unspecified atom stereocenters. The maximum atomic E-state index is 11.2. The Morgan fingerprint density at radius 1 is 1.38 bits per heavy atom. The molecule has 1 aliphatic rings. The molecule has 0 aliphatic carbocycles. The first-order valence-corrected chi connectivity index (χ1v) is 5.67. The van der Waals surface area contributed by atoms with Gasteiger partial charge in [-0.25, -0.2) is 8.93 Å². The zero-order valence-corrected chi connectivity index (χ0v) is 9.07. The molecule has 2 rings (SSSR count). The summed E-state index contributed by atoms with van der Waals surface area (Å²) in [7, 11) is -0.958. The molecule has 1 atom stereocenters. The van der Waals surface area contributed by atoms with E-state index >= 15 is 0 Å². The number of nitrogens with one attached hydrogen (secondary N) is 1. The van der Waals surface area contributed by atoms with Crippen LogP contribution in [0.3, 0.4) is 0 Å². The van der Waals surface area contributed by atoms with Crippen molar-refractivity contribution in [1.82, 2.24) is 4.72 Å². The van der Waals surface area contributed by atoms with Crippen molar-refractivity contribution in [2.24, 2.45) is 0 Å². The van der Waals surface area contributed by atoms with Crippen LogP contribution in [-0.4, -0.2) is 4.21 Å². The van der Waals surface area contributed by atoms with Crippen LogP contribution in [0.1, 0.15) is 25.0 Å². The zero-order valence-electron chi connectivity index (χ0n) is 8.26. The molecule has 0 fully saturated rings. The van der Waals surface area contributed by atoms with Crippen molar-refractivity contribution >= 4 is 11.0 Å². The third kappa shape index (κ3) is 2.17. The molecule has 0 aromatic heterocycles. The molecule has 0 saturated heterocycles. The molecule has 72 valence electrons. The Morgan fingerprint density at radius 2 is 2.08 bits per heavy atom. The van der Waals surface area contributed by atoms with E-state index in [1.165, 1.54) is 5.56 Å². The molecule has 1 aromatic rings. The van der Waals surface area contributed by atoms with Crippen LogP contribution in [-0.2, 0) is 17.5 Å². The van der Waals surface area contributed by atoms with Crippen molar-refractivity contribution in [3.05, 3.63) is 29.3 Å². The van der Waals surface area contributed by atoms with Gasteiger partial charge in [0.25, 0.3) is 0 Å². The standard InChI is InChI=1S/C8H9NOS.C2H6/c1-6-2-3-7-5-9-11(10)8(7)4-6;1-2/h2-4,9H,5H2,1H3;1-2H3. The Labute approximate surface area is 82.0 Å². The quantitative estimate of drug-likeness (QED) is 0.678. The van der Waals surface area contributed by atoms with Gasteiger partial charge in [-0.3, -0.25) is 0 Å². The van der Waals surface area contributed by atoms with Crippen molar-refractivity contribution in [3.8, 4) is 0 Å². The second-order valence-electron chi connectivity index (χ2n) is 2.70. The van der Waals surface area contributed by atoms with Gasteiger partial charge in [0.15, 0.2) is 0 Å². The van der Waals surface area contributed by atoms with Gasteiger partial charge in [-0.15, -0.1) is 0 Å². The number of aryl methyl sites for hydroxylation is 1. The molecule has 1 N–H and O–H groups in total.